The molecule has 1 N–H and O–H groups in total. The molecule has 1 aromatic heterocycles. The van der Waals surface area contributed by atoms with Gasteiger partial charge in [0.25, 0.3) is 0 Å². The molecule has 0 aliphatic heterocycles. The van der Waals surface area contributed by atoms with Crippen LogP contribution < -0.4 is 10.1 Å². The molecule has 0 atom stereocenters. The highest BCUT2D eigenvalue weighted by Gasteiger charge is 2.31. The number of fused-ring (bicyclic) bond motifs is 1. The number of nitrogens with zero attached hydrogens (tertiary/aromatic N) is 3. The quantitative estimate of drug-likeness (QED) is 0.307. The molecule has 0 unspecified atom stereocenters. The van der Waals surface area contributed by atoms with Gasteiger partial charge in [-0.1, -0.05) is 36.4 Å². The summed E-state index contributed by atoms with van der Waals surface area (Å²) in [5.41, 5.74) is -1.52. The fourth-order valence-corrected chi connectivity index (χ4v) is 2.95. The zero-order valence-corrected chi connectivity index (χ0v) is 15.6. The summed E-state index contributed by atoms with van der Waals surface area (Å²) in [5.74, 6) is -0.328. The van der Waals surface area contributed by atoms with Crippen molar-refractivity contribution >= 4 is 28.0 Å². The van der Waals surface area contributed by atoms with Crippen molar-refractivity contribution in [3.63, 3.8) is 0 Å². The lowest BCUT2D eigenvalue weighted by molar-refractivity contribution is -0.385. The summed E-state index contributed by atoms with van der Waals surface area (Å²) in [5, 5.41) is 16.1. The Labute approximate surface area is 173 Å². The molecule has 0 saturated carbocycles. The van der Waals surface area contributed by atoms with Gasteiger partial charge in [0.15, 0.2) is 0 Å². The van der Waals surface area contributed by atoms with Gasteiger partial charge in [0.1, 0.15) is 12.1 Å². The summed E-state index contributed by atoms with van der Waals surface area (Å²) in [6.07, 6.45) is -3.53. The number of halogens is 3. The first-order valence-corrected chi connectivity index (χ1v) is 8.91. The average molecular weight is 426 g/mol. The number of ether oxygens (including phenoxy) is 1. The highest BCUT2D eigenvalue weighted by atomic mass is 19.4. The minimum Gasteiger partial charge on any atom is -0.434 e. The molecule has 7 nitrogen and oxygen atoms in total. The van der Waals surface area contributed by atoms with E-state index >= 15 is 0 Å². The predicted octanol–water partition coefficient (Wildman–Crippen LogP) is 6.09. The third-order valence-electron chi connectivity index (χ3n) is 4.36. The highest BCUT2D eigenvalue weighted by Crippen LogP contribution is 2.37. The van der Waals surface area contributed by atoms with Crippen molar-refractivity contribution in [2.75, 3.05) is 5.32 Å². The Morgan fingerprint density at radius 2 is 1.71 bits per heavy atom. The number of hydrogen-bond donors (Lipinski definition) is 1. The number of hydrogen-bond acceptors (Lipinski definition) is 6. The van der Waals surface area contributed by atoms with Gasteiger partial charge in [-0.2, -0.15) is 18.2 Å². The molecule has 0 aliphatic carbocycles. The Morgan fingerprint density at radius 3 is 2.45 bits per heavy atom. The molecule has 4 aromatic rings. The molecule has 0 fully saturated rings. The second kappa shape index (κ2) is 7.90. The minimum absolute atomic E-state index is 0.0201. The number of anilines is 2. The third-order valence-corrected chi connectivity index (χ3v) is 4.36. The molecule has 0 amide bonds. The summed E-state index contributed by atoms with van der Waals surface area (Å²) in [6, 6.07) is 16.9. The zero-order valence-electron chi connectivity index (χ0n) is 15.6. The largest absolute Gasteiger partial charge is 0.434 e. The maximum Gasteiger partial charge on any atom is 0.416 e. The van der Waals surface area contributed by atoms with Crippen molar-refractivity contribution in [2.24, 2.45) is 0 Å². The lowest BCUT2D eigenvalue weighted by Crippen LogP contribution is -2.06. The standard InChI is InChI=1S/C21H13F3N4O3/c22-21(23,24)15-6-3-7-16(11-15)27-19-18(28(29)30)20(26-12-25-19)31-17-9-8-13-4-1-2-5-14(13)10-17/h1-12H,(H,25,26,27). The van der Waals surface area contributed by atoms with E-state index in [4.69, 9.17) is 4.74 Å². The van der Waals surface area contributed by atoms with Gasteiger partial charge in [-0.25, -0.2) is 4.98 Å². The number of rotatable bonds is 5. The van der Waals surface area contributed by atoms with Gasteiger partial charge in [0.2, 0.25) is 5.82 Å². The third kappa shape index (κ3) is 4.37. The molecule has 4 rings (SSSR count). The molecular weight excluding hydrogens is 413 g/mol. The Hall–Kier alpha value is -4.21. The van der Waals surface area contributed by atoms with Crippen LogP contribution in [0.5, 0.6) is 11.6 Å². The lowest BCUT2D eigenvalue weighted by Gasteiger charge is -2.11. The van der Waals surface area contributed by atoms with E-state index in [1.807, 2.05) is 24.3 Å². The Balaban J connectivity index is 1.69. The average Bonchev–Trinajstić information content (AvgIpc) is 2.73. The van der Waals surface area contributed by atoms with Crippen LogP contribution in [0.1, 0.15) is 5.56 Å². The fourth-order valence-electron chi connectivity index (χ4n) is 2.95. The number of nitrogens with one attached hydrogen (secondary N) is 1. The van der Waals surface area contributed by atoms with Crippen LogP contribution in [0.15, 0.2) is 73.1 Å². The van der Waals surface area contributed by atoms with Crippen LogP contribution >= 0.6 is 0 Å². The monoisotopic (exact) mass is 426 g/mol. The summed E-state index contributed by atoms with van der Waals surface area (Å²) >= 11 is 0. The molecule has 10 heteroatoms. The van der Waals surface area contributed by atoms with E-state index in [-0.39, 0.29) is 17.4 Å². The molecule has 156 valence electrons. The first kappa shape index (κ1) is 20.1. The van der Waals surface area contributed by atoms with Crippen LogP contribution in [0, 0.1) is 10.1 Å². The highest BCUT2D eigenvalue weighted by molar-refractivity contribution is 5.83. The Kier molecular flexibility index (Phi) is 5.12. The molecule has 3 aromatic carbocycles. The van der Waals surface area contributed by atoms with Gasteiger partial charge in [0.05, 0.1) is 10.5 Å². The predicted molar refractivity (Wildman–Crippen MR) is 107 cm³/mol. The SMILES string of the molecule is O=[N+]([O-])c1c(Nc2cccc(C(F)(F)F)c2)ncnc1Oc1ccc2ccccc2c1. The van der Waals surface area contributed by atoms with Crippen molar-refractivity contribution in [1.82, 2.24) is 9.97 Å². The van der Waals surface area contributed by atoms with Gasteiger partial charge < -0.3 is 10.1 Å². The van der Waals surface area contributed by atoms with Gasteiger partial charge in [-0.15, -0.1) is 0 Å². The molecule has 0 aliphatic rings. The van der Waals surface area contributed by atoms with E-state index in [1.165, 1.54) is 12.1 Å². The van der Waals surface area contributed by atoms with E-state index in [9.17, 15) is 23.3 Å². The molecular formula is C21H13F3N4O3. The van der Waals surface area contributed by atoms with Crippen LogP contribution in [0.3, 0.4) is 0 Å². The summed E-state index contributed by atoms with van der Waals surface area (Å²) in [4.78, 5) is 18.6. The van der Waals surface area contributed by atoms with Gasteiger partial charge in [0, 0.05) is 5.69 Å². The van der Waals surface area contributed by atoms with Crippen molar-refractivity contribution in [3.8, 4) is 11.6 Å². The van der Waals surface area contributed by atoms with E-state index in [1.54, 1.807) is 18.2 Å². The topological polar surface area (TPSA) is 90.2 Å². The minimum atomic E-state index is -4.56. The summed E-state index contributed by atoms with van der Waals surface area (Å²) in [7, 11) is 0. The second-order valence-corrected chi connectivity index (χ2v) is 6.45. The zero-order chi connectivity index (χ0) is 22.0. The maximum absolute atomic E-state index is 13.0. The summed E-state index contributed by atoms with van der Waals surface area (Å²) < 4.78 is 44.5. The second-order valence-electron chi connectivity index (χ2n) is 6.45. The van der Waals surface area contributed by atoms with E-state index < -0.39 is 22.4 Å². The summed E-state index contributed by atoms with van der Waals surface area (Å²) in [6.45, 7) is 0. The van der Waals surface area contributed by atoms with Crippen molar-refractivity contribution in [2.45, 2.75) is 6.18 Å². The van der Waals surface area contributed by atoms with E-state index in [2.05, 4.69) is 15.3 Å². The van der Waals surface area contributed by atoms with Gasteiger partial charge >= 0.3 is 17.7 Å². The van der Waals surface area contributed by atoms with Crippen molar-refractivity contribution in [3.05, 3.63) is 88.7 Å². The van der Waals surface area contributed by atoms with Crippen LogP contribution in [0.2, 0.25) is 0 Å². The molecule has 0 bridgehead atoms. The van der Waals surface area contributed by atoms with Crippen LogP contribution in [0.4, 0.5) is 30.4 Å². The van der Waals surface area contributed by atoms with Gasteiger partial charge in [-0.3, -0.25) is 10.1 Å². The maximum atomic E-state index is 13.0. The van der Waals surface area contributed by atoms with Crippen molar-refractivity contribution < 1.29 is 22.8 Å². The number of alkyl halides is 3. The molecule has 0 saturated heterocycles. The Bertz CT molecular complexity index is 1280. The van der Waals surface area contributed by atoms with Crippen LogP contribution in [0.25, 0.3) is 10.8 Å². The van der Waals surface area contributed by atoms with E-state index in [0.29, 0.717) is 5.75 Å². The van der Waals surface area contributed by atoms with Gasteiger partial charge in [-0.05, 0) is 41.1 Å². The number of aromatic nitrogens is 2. The molecule has 0 radical (unpaired) electrons. The lowest BCUT2D eigenvalue weighted by atomic mass is 10.1. The smallest absolute Gasteiger partial charge is 0.416 e. The normalized spacial score (nSPS) is 11.3. The van der Waals surface area contributed by atoms with E-state index in [0.717, 1.165) is 29.2 Å². The first-order valence-electron chi connectivity index (χ1n) is 8.91. The molecule has 0 spiro atoms. The fraction of sp³-hybridized carbons (Fsp3) is 0.0476. The Morgan fingerprint density at radius 1 is 0.935 bits per heavy atom. The van der Waals surface area contributed by atoms with Crippen LogP contribution in [-0.2, 0) is 6.18 Å². The number of benzene rings is 3. The molecule has 31 heavy (non-hydrogen) atoms. The molecule has 1 heterocycles. The van der Waals surface area contributed by atoms with Crippen molar-refractivity contribution in [1.29, 1.82) is 0 Å². The first-order chi connectivity index (χ1) is 14.8. The number of nitro groups is 1. The van der Waals surface area contributed by atoms with Crippen LogP contribution in [-0.4, -0.2) is 14.9 Å².